The van der Waals surface area contributed by atoms with Crippen molar-refractivity contribution in [1.29, 1.82) is 0 Å². The van der Waals surface area contributed by atoms with Crippen LogP contribution in [0.15, 0.2) is 36.4 Å². The zero-order valence-electron chi connectivity index (χ0n) is 11.9. The molecule has 0 bridgehead atoms. The molecule has 0 saturated carbocycles. The number of hydrogen-bond donors (Lipinski definition) is 2. The number of aryl methyl sites for hydroxylation is 1. The number of anilines is 1. The van der Waals surface area contributed by atoms with Crippen molar-refractivity contribution in [3.8, 4) is 5.75 Å². The first kappa shape index (κ1) is 15.0. The average Bonchev–Trinajstić information content (AvgIpc) is 2.49. The maximum absolute atomic E-state index is 13.9. The summed E-state index contributed by atoms with van der Waals surface area (Å²) in [6.45, 7) is 2.24. The molecule has 2 aromatic carbocycles. The van der Waals surface area contributed by atoms with Gasteiger partial charge in [-0.1, -0.05) is 12.1 Å². The van der Waals surface area contributed by atoms with Gasteiger partial charge in [0.05, 0.1) is 12.7 Å². The molecule has 4 nitrogen and oxygen atoms in total. The van der Waals surface area contributed by atoms with E-state index in [4.69, 9.17) is 10.5 Å². The highest BCUT2D eigenvalue weighted by Gasteiger charge is 2.14. The predicted molar refractivity (Wildman–Crippen MR) is 80.0 cm³/mol. The Morgan fingerprint density at radius 2 is 2.05 bits per heavy atom. The van der Waals surface area contributed by atoms with Gasteiger partial charge in [0.15, 0.2) is 0 Å². The molecule has 0 aliphatic heterocycles. The maximum Gasteiger partial charge on any atom is 0.258 e. The summed E-state index contributed by atoms with van der Waals surface area (Å²) in [5, 5.41) is 2.70. The molecule has 0 heterocycles. The summed E-state index contributed by atoms with van der Waals surface area (Å²) in [5.74, 6) is -0.766. The molecule has 0 aromatic heterocycles. The lowest BCUT2D eigenvalue weighted by molar-refractivity contribution is 0.102. The Kier molecular flexibility index (Phi) is 4.55. The molecule has 0 atom stereocenters. The van der Waals surface area contributed by atoms with Crippen molar-refractivity contribution in [2.24, 2.45) is 5.73 Å². The number of benzene rings is 2. The van der Waals surface area contributed by atoms with Crippen LogP contribution in [0.4, 0.5) is 10.1 Å². The van der Waals surface area contributed by atoms with Crippen LogP contribution in [0, 0.1) is 12.7 Å². The Bertz CT molecular complexity index is 671. The van der Waals surface area contributed by atoms with Gasteiger partial charge in [-0.2, -0.15) is 0 Å². The van der Waals surface area contributed by atoms with Crippen molar-refractivity contribution >= 4 is 11.6 Å². The van der Waals surface area contributed by atoms with E-state index in [1.54, 1.807) is 12.1 Å². The third-order valence-electron chi connectivity index (χ3n) is 3.21. The van der Waals surface area contributed by atoms with Crippen LogP contribution in [0.2, 0.25) is 0 Å². The molecular weight excluding hydrogens is 271 g/mol. The van der Waals surface area contributed by atoms with Crippen LogP contribution < -0.4 is 15.8 Å². The summed E-state index contributed by atoms with van der Waals surface area (Å²) in [6.07, 6.45) is 0. The predicted octanol–water partition coefficient (Wildman–Crippen LogP) is 2.85. The summed E-state index contributed by atoms with van der Waals surface area (Å²) < 4.78 is 18.8. The quantitative estimate of drug-likeness (QED) is 0.909. The molecule has 0 aliphatic rings. The molecule has 2 aromatic rings. The van der Waals surface area contributed by atoms with E-state index in [1.165, 1.54) is 19.2 Å². The van der Waals surface area contributed by atoms with Gasteiger partial charge in [-0.05, 0) is 36.2 Å². The van der Waals surface area contributed by atoms with Crippen LogP contribution in [-0.4, -0.2) is 13.0 Å². The van der Waals surface area contributed by atoms with Crippen LogP contribution in [0.5, 0.6) is 5.75 Å². The van der Waals surface area contributed by atoms with E-state index in [2.05, 4.69) is 5.32 Å². The van der Waals surface area contributed by atoms with E-state index >= 15 is 0 Å². The third-order valence-corrected chi connectivity index (χ3v) is 3.21. The minimum absolute atomic E-state index is 0.0339. The Balaban J connectivity index is 2.26. The molecule has 0 saturated heterocycles. The molecule has 0 fully saturated rings. The van der Waals surface area contributed by atoms with Gasteiger partial charge in [-0.15, -0.1) is 0 Å². The molecule has 5 heteroatoms. The van der Waals surface area contributed by atoms with E-state index in [0.29, 0.717) is 18.0 Å². The highest BCUT2D eigenvalue weighted by molar-refractivity contribution is 6.04. The van der Waals surface area contributed by atoms with Gasteiger partial charge in [-0.3, -0.25) is 4.79 Å². The number of methoxy groups -OCH3 is 1. The first-order valence-corrected chi connectivity index (χ1v) is 6.49. The minimum atomic E-state index is -0.625. The fourth-order valence-corrected chi connectivity index (χ4v) is 1.93. The first-order valence-electron chi connectivity index (χ1n) is 6.49. The summed E-state index contributed by atoms with van der Waals surface area (Å²) in [6, 6.07) is 9.65. The highest BCUT2D eigenvalue weighted by Crippen LogP contribution is 2.20. The first-order chi connectivity index (χ1) is 10.0. The minimum Gasteiger partial charge on any atom is -0.497 e. The molecule has 0 spiro atoms. The number of rotatable bonds is 4. The van der Waals surface area contributed by atoms with Crippen molar-refractivity contribution in [2.45, 2.75) is 13.5 Å². The molecule has 3 N–H and O–H groups in total. The monoisotopic (exact) mass is 288 g/mol. The van der Waals surface area contributed by atoms with Crippen molar-refractivity contribution in [3.63, 3.8) is 0 Å². The van der Waals surface area contributed by atoms with Crippen LogP contribution in [0.25, 0.3) is 0 Å². The molecule has 1 amide bonds. The van der Waals surface area contributed by atoms with Crippen molar-refractivity contribution in [1.82, 2.24) is 0 Å². The number of ether oxygens (including phenoxy) is 1. The highest BCUT2D eigenvalue weighted by atomic mass is 19.1. The van der Waals surface area contributed by atoms with Crippen LogP contribution in [-0.2, 0) is 6.54 Å². The number of amides is 1. The van der Waals surface area contributed by atoms with Gasteiger partial charge < -0.3 is 15.8 Å². The standard InChI is InChI=1S/C16H17FN2O2/c1-10-3-4-11(9-18)7-15(10)19-16(20)13-6-5-12(21-2)8-14(13)17/h3-8H,9,18H2,1-2H3,(H,19,20). The van der Waals surface area contributed by atoms with Crippen molar-refractivity contribution < 1.29 is 13.9 Å². The lowest BCUT2D eigenvalue weighted by Crippen LogP contribution is -2.15. The largest absolute Gasteiger partial charge is 0.497 e. The maximum atomic E-state index is 13.9. The van der Waals surface area contributed by atoms with Crippen molar-refractivity contribution in [2.75, 3.05) is 12.4 Å². The lowest BCUT2D eigenvalue weighted by Gasteiger charge is -2.11. The van der Waals surface area contributed by atoms with E-state index < -0.39 is 11.7 Å². The fraction of sp³-hybridized carbons (Fsp3) is 0.188. The molecule has 2 rings (SSSR count). The molecule has 21 heavy (non-hydrogen) atoms. The number of carbonyl (C=O) groups is 1. The van der Waals surface area contributed by atoms with Crippen molar-refractivity contribution in [3.05, 3.63) is 58.9 Å². The Morgan fingerprint density at radius 1 is 1.29 bits per heavy atom. The molecule has 0 unspecified atom stereocenters. The number of nitrogens with two attached hydrogens (primary N) is 1. The van der Waals surface area contributed by atoms with E-state index in [9.17, 15) is 9.18 Å². The SMILES string of the molecule is COc1ccc(C(=O)Nc2cc(CN)ccc2C)c(F)c1. The Labute approximate surface area is 122 Å². The summed E-state index contributed by atoms with van der Waals surface area (Å²) in [4.78, 5) is 12.2. The topological polar surface area (TPSA) is 64.3 Å². The summed E-state index contributed by atoms with van der Waals surface area (Å²) in [5.41, 5.74) is 7.95. The second kappa shape index (κ2) is 6.37. The number of hydrogen-bond acceptors (Lipinski definition) is 3. The Hall–Kier alpha value is -2.40. The van der Waals surface area contributed by atoms with E-state index in [1.807, 2.05) is 19.1 Å². The van der Waals surface area contributed by atoms with E-state index in [-0.39, 0.29) is 5.56 Å². The van der Waals surface area contributed by atoms with Gasteiger partial charge in [0.25, 0.3) is 5.91 Å². The van der Waals surface area contributed by atoms with Gasteiger partial charge in [0.1, 0.15) is 11.6 Å². The molecule has 110 valence electrons. The zero-order chi connectivity index (χ0) is 15.4. The second-order valence-corrected chi connectivity index (χ2v) is 4.65. The number of nitrogens with one attached hydrogen (secondary N) is 1. The van der Waals surface area contributed by atoms with Gasteiger partial charge in [0, 0.05) is 18.3 Å². The lowest BCUT2D eigenvalue weighted by atomic mass is 10.1. The van der Waals surface area contributed by atoms with Gasteiger partial charge in [0.2, 0.25) is 0 Å². The fourth-order valence-electron chi connectivity index (χ4n) is 1.93. The smallest absolute Gasteiger partial charge is 0.258 e. The molecular formula is C16H17FN2O2. The second-order valence-electron chi connectivity index (χ2n) is 4.65. The summed E-state index contributed by atoms with van der Waals surface area (Å²) in [7, 11) is 1.44. The van der Waals surface area contributed by atoms with E-state index in [0.717, 1.165) is 11.1 Å². The van der Waals surface area contributed by atoms with Crippen LogP contribution >= 0.6 is 0 Å². The average molecular weight is 288 g/mol. The van der Waals surface area contributed by atoms with Gasteiger partial charge in [-0.25, -0.2) is 4.39 Å². The number of halogens is 1. The summed E-state index contributed by atoms with van der Waals surface area (Å²) >= 11 is 0. The molecule has 0 aliphatic carbocycles. The normalized spacial score (nSPS) is 10.3. The third kappa shape index (κ3) is 3.38. The zero-order valence-corrected chi connectivity index (χ0v) is 11.9. The van der Waals surface area contributed by atoms with Crippen LogP contribution in [0.3, 0.4) is 0 Å². The van der Waals surface area contributed by atoms with Crippen LogP contribution in [0.1, 0.15) is 21.5 Å². The van der Waals surface area contributed by atoms with Gasteiger partial charge >= 0.3 is 0 Å². The Morgan fingerprint density at radius 3 is 2.67 bits per heavy atom. The molecule has 0 radical (unpaired) electrons. The number of carbonyl (C=O) groups excluding carboxylic acids is 1.